The Morgan fingerprint density at radius 3 is 2.31 bits per heavy atom. The second-order valence-corrected chi connectivity index (χ2v) is 6.18. The molecule has 1 aromatic carbocycles. The molecule has 88 valence electrons. The molecule has 0 fully saturated rings. The topological polar surface area (TPSA) is 29.4 Å². The molecule has 3 heteroatoms. The van der Waals surface area contributed by atoms with Gasteiger partial charge >= 0.3 is 0 Å². The molecule has 2 nitrogen and oxygen atoms in total. The smallest absolute Gasteiger partial charge is 0.140 e. The van der Waals surface area contributed by atoms with E-state index in [1.807, 2.05) is 37.3 Å². The molecule has 1 unspecified atom stereocenters. The highest BCUT2D eigenvalue weighted by Crippen LogP contribution is 2.15. The van der Waals surface area contributed by atoms with E-state index in [9.17, 15) is 4.21 Å². The van der Waals surface area contributed by atoms with Crippen LogP contribution in [0.5, 0.6) is 0 Å². The van der Waals surface area contributed by atoms with Crippen LogP contribution in [-0.2, 0) is 11.0 Å². The van der Waals surface area contributed by atoms with Crippen LogP contribution in [0, 0.1) is 5.41 Å². The van der Waals surface area contributed by atoms with E-state index in [-0.39, 0.29) is 5.41 Å². The predicted molar refractivity (Wildman–Crippen MR) is 71.1 cm³/mol. The lowest BCUT2D eigenvalue weighted by Crippen LogP contribution is -2.15. The molecule has 0 aliphatic heterocycles. The molecular weight excluding hydrogens is 218 g/mol. The largest absolute Gasteiger partial charge is 0.235 e. The summed E-state index contributed by atoms with van der Waals surface area (Å²) >= 11 is 0. The lowest BCUT2D eigenvalue weighted by atomic mass is 10.0. The lowest BCUT2D eigenvalue weighted by molar-refractivity contribution is 0.474. The highest BCUT2D eigenvalue weighted by molar-refractivity contribution is 7.83. The number of rotatable bonds is 3. The Labute approximate surface area is 100 Å². The quantitative estimate of drug-likeness (QED) is 0.742. The minimum atomic E-state index is -1.13. The van der Waals surface area contributed by atoms with E-state index in [0.717, 1.165) is 11.3 Å². The molecule has 0 aromatic heterocycles. The van der Waals surface area contributed by atoms with Gasteiger partial charge in [-0.1, -0.05) is 51.1 Å². The second kappa shape index (κ2) is 5.39. The number of hydrogen-bond acceptors (Lipinski definition) is 1. The highest BCUT2D eigenvalue weighted by atomic mass is 32.2. The maximum absolute atomic E-state index is 11.8. The predicted octanol–water partition coefficient (Wildman–Crippen LogP) is 3.21. The van der Waals surface area contributed by atoms with Crippen LogP contribution in [0.1, 0.15) is 33.3 Å². The molecule has 0 aliphatic rings. The number of nitrogens with zero attached hydrogens (tertiary/aromatic N) is 1. The van der Waals surface area contributed by atoms with E-state index in [1.165, 1.54) is 0 Å². The maximum Gasteiger partial charge on any atom is 0.140 e. The van der Waals surface area contributed by atoms with E-state index in [0.29, 0.717) is 5.75 Å². The molecule has 0 saturated carbocycles. The third kappa shape index (κ3) is 4.71. The van der Waals surface area contributed by atoms with Gasteiger partial charge in [-0.2, -0.15) is 4.40 Å². The van der Waals surface area contributed by atoms with Crippen molar-refractivity contribution < 1.29 is 4.21 Å². The van der Waals surface area contributed by atoms with Crippen LogP contribution >= 0.6 is 0 Å². The van der Waals surface area contributed by atoms with Crippen molar-refractivity contribution in [2.45, 2.75) is 27.7 Å². The number of benzene rings is 1. The summed E-state index contributed by atoms with van der Waals surface area (Å²) in [5, 5.41) is 0. The van der Waals surface area contributed by atoms with Crippen LogP contribution in [0.3, 0.4) is 0 Å². The summed E-state index contributed by atoms with van der Waals surface area (Å²) in [4.78, 5) is 0. The maximum atomic E-state index is 11.8. The van der Waals surface area contributed by atoms with E-state index >= 15 is 0 Å². The van der Waals surface area contributed by atoms with Gasteiger partial charge in [0.15, 0.2) is 0 Å². The molecule has 0 heterocycles. The lowest BCUT2D eigenvalue weighted by Gasteiger charge is -2.15. The van der Waals surface area contributed by atoms with Crippen molar-refractivity contribution >= 4 is 16.7 Å². The van der Waals surface area contributed by atoms with E-state index in [2.05, 4.69) is 25.2 Å². The standard InChI is InChI=1S/C13H19NOS/c1-11(12-8-6-5-7-9-12)14-16(15)10-13(2,3)4/h5-9H,10H2,1-4H3/b14-11+. The van der Waals surface area contributed by atoms with Gasteiger partial charge in [0.2, 0.25) is 0 Å². The minimum Gasteiger partial charge on any atom is -0.235 e. The Kier molecular flexibility index (Phi) is 4.42. The summed E-state index contributed by atoms with van der Waals surface area (Å²) in [6, 6.07) is 9.84. The van der Waals surface area contributed by atoms with Crippen LogP contribution in [0.25, 0.3) is 0 Å². The summed E-state index contributed by atoms with van der Waals surface area (Å²) in [6.07, 6.45) is 0. The van der Waals surface area contributed by atoms with E-state index in [4.69, 9.17) is 0 Å². The van der Waals surface area contributed by atoms with Crippen LogP contribution in [0.4, 0.5) is 0 Å². The SMILES string of the molecule is C/C(=N\S(=O)CC(C)(C)C)c1ccccc1. The van der Waals surface area contributed by atoms with Crippen molar-refractivity contribution in [2.24, 2.45) is 9.81 Å². The monoisotopic (exact) mass is 237 g/mol. The van der Waals surface area contributed by atoms with Gasteiger partial charge in [-0.25, -0.2) is 4.21 Å². The molecule has 1 aromatic rings. The Morgan fingerprint density at radius 2 is 1.81 bits per heavy atom. The fraction of sp³-hybridized carbons (Fsp3) is 0.462. The van der Waals surface area contributed by atoms with Gasteiger partial charge in [-0.15, -0.1) is 0 Å². The van der Waals surface area contributed by atoms with Crippen LogP contribution < -0.4 is 0 Å². The zero-order chi connectivity index (χ0) is 12.2. The van der Waals surface area contributed by atoms with Crippen molar-refractivity contribution in [1.82, 2.24) is 0 Å². The van der Waals surface area contributed by atoms with Crippen LogP contribution in [0.2, 0.25) is 0 Å². The van der Waals surface area contributed by atoms with E-state index in [1.54, 1.807) is 0 Å². The zero-order valence-corrected chi connectivity index (χ0v) is 11.2. The molecular formula is C13H19NOS. The van der Waals surface area contributed by atoms with Gasteiger partial charge in [0, 0.05) is 5.75 Å². The summed E-state index contributed by atoms with van der Waals surface area (Å²) < 4.78 is 16.0. The Bertz CT molecular complexity index is 390. The molecule has 0 radical (unpaired) electrons. The third-order valence-corrected chi connectivity index (χ3v) is 3.58. The molecule has 0 N–H and O–H groups in total. The first-order valence-corrected chi connectivity index (χ1v) is 6.65. The van der Waals surface area contributed by atoms with Gasteiger partial charge in [0.1, 0.15) is 11.0 Å². The molecule has 0 spiro atoms. The normalized spacial score (nSPS) is 14.9. The molecule has 16 heavy (non-hydrogen) atoms. The highest BCUT2D eigenvalue weighted by Gasteiger charge is 2.14. The van der Waals surface area contributed by atoms with Crippen LogP contribution in [-0.4, -0.2) is 15.7 Å². The Hall–Kier alpha value is -0.960. The Balaban J connectivity index is 2.75. The first-order chi connectivity index (χ1) is 7.38. The van der Waals surface area contributed by atoms with Gasteiger partial charge in [0.05, 0.1) is 5.71 Å². The van der Waals surface area contributed by atoms with Crippen molar-refractivity contribution in [2.75, 3.05) is 5.75 Å². The molecule has 0 saturated heterocycles. The first kappa shape index (κ1) is 13.1. The van der Waals surface area contributed by atoms with Gasteiger partial charge in [-0.3, -0.25) is 0 Å². The second-order valence-electron chi connectivity index (χ2n) is 5.07. The summed E-state index contributed by atoms with van der Waals surface area (Å²) in [6.45, 7) is 8.10. The molecule has 1 rings (SSSR count). The number of hydrogen-bond donors (Lipinski definition) is 0. The molecule has 0 amide bonds. The van der Waals surface area contributed by atoms with Crippen molar-refractivity contribution in [1.29, 1.82) is 0 Å². The van der Waals surface area contributed by atoms with Gasteiger partial charge in [0.25, 0.3) is 0 Å². The summed E-state index contributed by atoms with van der Waals surface area (Å²) in [5.74, 6) is 0.594. The summed E-state index contributed by atoms with van der Waals surface area (Å²) in [7, 11) is -1.13. The summed E-state index contributed by atoms with van der Waals surface area (Å²) in [5.41, 5.74) is 1.92. The van der Waals surface area contributed by atoms with E-state index < -0.39 is 11.0 Å². The molecule has 0 aliphatic carbocycles. The third-order valence-electron chi connectivity index (χ3n) is 1.99. The minimum absolute atomic E-state index is 0.0470. The average Bonchev–Trinajstić information content (AvgIpc) is 2.16. The van der Waals surface area contributed by atoms with Crippen molar-refractivity contribution in [3.8, 4) is 0 Å². The fourth-order valence-electron chi connectivity index (χ4n) is 1.29. The first-order valence-electron chi connectivity index (χ1n) is 5.38. The van der Waals surface area contributed by atoms with Gasteiger partial charge in [-0.05, 0) is 17.9 Å². The van der Waals surface area contributed by atoms with Crippen molar-refractivity contribution in [3.63, 3.8) is 0 Å². The fourth-order valence-corrected chi connectivity index (χ4v) is 2.50. The van der Waals surface area contributed by atoms with Crippen molar-refractivity contribution in [3.05, 3.63) is 35.9 Å². The zero-order valence-electron chi connectivity index (χ0n) is 10.4. The molecule has 1 atom stereocenters. The van der Waals surface area contributed by atoms with Crippen LogP contribution in [0.15, 0.2) is 34.7 Å². The van der Waals surface area contributed by atoms with Gasteiger partial charge < -0.3 is 0 Å². The molecule has 0 bridgehead atoms. The average molecular weight is 237 g/mol. The Morgan fingerprint density at radius 1 is 1.25 bits per heavy atom.